The predicted octanol–water partition coefficient (Wildman–Crippen LogP) is 0.926. The molecule has 0 heterocycles. The first-order valence-electron chi connectivity index (χ1n) is 6.32. The second kappa shape index (κ2) is 7.24. The summed E-state index contributed by atoms with van der Waals surface area (Å²) in [7, 11) is -0.282. The summed E-state index contributed by atoms with van der Waals surface area (Å²) in [4.78, 5) is 13.0. The van der Waals surface area contributed by atoms with Gasteiger partial charge in [-0.3, -0.25) is 4.79 Å². The number of aryl methyl sites for hydroxylation is 1. The largest absolute Gasteiger partial charge is 0.483 e. The summed E-state index contributed by atoms with van der Waals surface area (Å²) in [5.41, 5.74) is 0.642. The molecule has 0 aliphatic heterocycles. The van der Waals surface area contributed by atoms with Crippen molar-refractivity contribution in [3.63, 3.8) is 0 Å². The lowest BCUT2D eigenvalue weighted by atomic mass is 10.2. The maximum Gasteiger partial charge on any atom is 0.259 e. The molecule has 6 nitrogen and oxygen atoms in total. The minimum Gasteiger partial charge on any atom is -0.483 e. The standard InChI is InChI=1S/C14H20N2O4S/c1-5-8-15-21(18,19)12-6-7-13(11(2)9-12)20-10-14(17)16(3)4/h5-7,9,15H,1,8,10H2,2-4H3. The fourth-order valence-electron chi connectivity index (χ4n) is 1.47. The molecule has 0 aromatic heterocycles. The van der Waals surface area contributed by atoms with E-state index >= 15 is 0 Å². The molecule has 0 fully saturated rings. The second-order valence-electron chi connectivity index (χ2n) is 4.64. The molecule has 0 aliphatic carbocycles. The first kappa shape index (κ1) is 17.2. The lowest BCUT2D eigenvalue weighted by Crippen LogP contribution is -2.27. The third-order valence-corrected chi connectivity index (χ3v) is 4.15. The molecule has 0 unspecified atom stereocenters. The number of hydrogen-bond donors (Lipinski definition) is 1. The smallest absolute Gasteiger partial charge is 0.259 e. The van der Waals surface area contributed by atoms with Gasteiger partial charge in [-0.15, -0.1) is 6.58 Å². The zero-order chi connectivity index (χ0) is 16.0. The molecule has 0 saturated carbocycles. The van der Waals surface area contributed by atoms with E-state index in [1.807, 2.05) is 0 Å². The third-order valence-electron chi connectivity index (χ3n) is 2.72. The molecular formula is C14H20N2O4S. The van der Waals surface area contributed by atoms with E-state index in [9.17, 15) is 13.2 Å². The molecule has 7 heteroatoms. The van der Waals surface area contributed by atoms with Gasteiger partial charge in [0, 0.05) is 20.6 Å². The number of carbonyl (C=O) groups excluding carboxylic acids is 1. The highest BCUT2D eigenvalue weighted by molar-refractivity contribution is 7.89. The number of benzene rings is 1. The van der Waals surface area contributed by atoms with Crippen molar-refractivity contribution in [3.8, 4) is 5.75 Å². The molecular weight excluding hydrogens is 292 g/mol. The maximum absolute atomic E-state index is 11.9. The van der Waals surface area contributed by atoms with Crippen molar-refractivity contribution in [2.45, 2.75) is 11.8 Å². The van der Waals surface area contributed by atoms with Gasteiger partial charge >= 0.3 is 0 Å². The average molecular weight is 312 g/mol. The van der Waals surface area contributed by atoms with Crippen molar-refractivity contribution in [2.75, 3.05) is 27.2 Å². The van der Waals surface area contributed by atoms with Gasteiger partial charge in [0.05, 0.1) is 4.90 Å². The zero-order valence-corrected chi connectivity index (χ0v) is 13.2. The summed E-state index contributed by atoms with van der Waals surface area (Å²) in [6, 6.07) is 4.48. The van der Waals surface area contributed by atoms with E-state index in [0.717, 1.165) is 0 Å². The normalized spacial score (nSPS) is 11.0. The van der Waals surface area contributed by atoms with Gasteiger partial charge in [0.2, 0.25) is 10.0 Å². The maximum atomic E-state index is 11.9. The van der Waals surface area contributed by atoms with Crippen molar-refractivity contribution in [1.82, 2.24) is 9.62 Å². The van der Waals surface area contributed by atoms with Gasteiger partial charge in [-0.05, 0) is 30.7 Å². The number of ether oxygens (including phenoxy) is 1. The lowest BCUT2D eigenvalue weighted by Gasteiger charge is -2.13. The number of carbonyl (C=O) groups is 1. The van der Waals surface area contributed by atoms with E-state index in [2.05, 4.69) is 11.3 Å². The monoisotopic (exact) mass is 312 g/mol. The van der Waals surface area contributed by atoms with Gasteiger partial charge < -0.3 is 9.64 Å². The summed E-state index contributed by atoms with van der Waals surface area (Å²) in [6.07, 6.45) is 1.47. The minimum atomic E-state index is -3.56. The number of amides is 1. The molecule has 1 amide bonds. The summed E-state index contributed by atoms with van der Waals surface area (Å²) in [5, 5.41) is 0. The topological polar surface area (TPSA) is 75.7 Å². The molecule has 116 valence electrons. The van der Waals surface area contributed by atoms with Gasteiger partial charge in [-0.1, -0.05) is 6.08 Å². The molecule has 0 radical (unpaired) electrons. The van der Waals surface area contributed by atoms with Crippen LogP contribution in [0.15, 0.2) is 35.7 Å². The van der Waals surface area contributed by atoms with Crippen LogP contribution in [-0.4, -0.2) is 46.5 Å². The number of likely N-dealkylation sites (N-methyl/N-ethyl adjacent to an activating group) is 1. The van der Waals surface area contributed by atoms with E-state index in [-0.39, 0.29) is 24.0 Å². The summed E-state index contributed by atoms with van der Waals surface area (Å²) >= 11 is 0. The minimum absolute atomic E-state index is 0.0886. The molecule has 0 saturated heterocycles. The molecule has 0 spiro atoms. The Bertz CT molecular complexity index is 624. The Morgan fingerprint density at radius 2 is 2.10 bits per heavy atom. The number of nitrogens with zero attached hydrogens (tertiary/aromatic N) is 1. The molecule has 0 bridgehead atoms. The van der Waals surface area contributed by atoms with E-state index in [1.54, 1.807) is 27.1 Å². The predicted molar refractivity (Wildman–Crippen MR) is 80.8 cm³/mol. The van der Waals surface area contributed by atoms with Crippen LogP contribution in [0.1, 0.15) is 5.56 Å². The fraction of sp³-hybridized carbons (Fsp3) is 0.357. The van der Waals surface area contributed by atoms with Gasteiger partial charge in [0.1, 0.15) is 5.75 Å². The summed E-state index contributed by atoms with van der Waals surface area (Å²) in [6.45, 7) is 5.26. The Kier molecular flexibility index (Phi) is 5.92. The van der Waals surface area contributed by atoms with Crippen LogP contribution in [0, 0.1) is 6.92 Å². The van der Waals surface area contributed by atoms with Crippen molar-refractivity contribution in [1.29, 1.82) is 0 Å². The van der Waals surface area contributed by atoms with Gasteiger partial charge in [-0.2, -0.15) is 0 Å². The fourth-order valence-corrected chi connectivity index (χ4v) is 2.55. The zero-order valence-electron chi connectivity index (χ0n) is 12.4. The van der Waals surface area contributed by atoms with Crippen LogP contribution >= 0.6 is 0 Å². The Labute approximate surface area is 125 Å². The van der Waals surface area contributed by atoms with Crippen LogP contribution < -0.4 is 9.46 Å². The number of hydrogen-bond acceptors (Lipinski definition) is 4. The third kappa shape index (κ3) is 4.87. The van der Waals surface area contributed by atoms with Crippen LogP contribution in [0.3, 0.4) is 0 Å². The molecule has 0 atom stereocenters. The van der Waals surface area contributed by atoms with E-state index in [1.165, 1.54) is 23.1 Å². The van der Waals surface area contributed by atoms with Crippen molar-refractivity contribution in [3.05, 3.63) is 36.4 Å². The average Bonchev–Trinajstić information content (AvgIpc) is 2.43. The van der Waals surface area contributed by atoms with Crippen LogP contribution in [-0.2, 0) is 14.8 Å². The number of rotatable bonds is 7. The molecule has 1 aromatic carbocycles. The molecule has 1 aromatic rings. The number of nitrogens with one attached hydrogen (secondary N) is 1. The molecule has 21 heavy (non-hydrogen) atoms. The van der Waals surface area contributed by atoms with Crippen molar-refractivity contribution >= 4 is 15.9 Å². The van der Waals surface area contributed by atoms with Crippen LogP contribution in [0.25, 0.3) is 0 Å². The van der Waals surface area contributed by atoms with Crippen molar-refractivity contribution in [2.24, 2.45) is 0 Å². The summed E-state index contributed by atoms with van der Waals surface area (Å²) in [5.74, 6) is 0.312. The molecule has 1 rings (SSSR count). The second-order valence-corrected chi connectivity index (χ2v) is 6.41. The highest BCUT2D eigenvalue weighted by atomic mass is 32.2. The Balaban J connectivity index is 2.86. The Morgan fingerprint density at radius 1 is 1.43 bits per heavy atom. The first-order valence-corrected chi connectivity index (χ1v) is 7.80. The lowest BCUT2D eigenvalue weighted by molar-refractivity contribution is -0.130. The molecule has 1 N–H and O–H groups in total. The molecule has 0 aliphatic rings. The van der Waals surface area contributed by atoms with E-state index in [4.69, 9.17) is 4.74 Å². The van der Waals surface area contributed by atoms with E-state index < -0.39 is 10.0 Å². The van der Waals surface area contributed by atoms with Crippen LogP contribution in [0.5, 0.6) is 5.75 Å². The van der Waals surface area contributed by atoms with E-state index in [0.29, 0.717) is 11.3 Å². The quantitative estimate of drug-likeness (QED) is 0.760. The van der Waals surface area contributed by atoms with Gasteiger partial charge in [-0.25, -0.2) is 13.1 Å². The van der Waals surface area contributed by atoms with Crippen molar-refractivity contribution < 1.29 is 17.9 Å². The summed E-state index contributed by atoms with van der Waals surface area (Å²) < 4.78 is 31.7. The highest BCUT2D eigenvalue weighted by Crippen LogP contribution is 2.21. The highest BCUT2D eigenvalue weighted by Gasteiger charge is 2.15. The van der Waals surface area contributed by atoms with Crippen LogP contribution in [0.2, 0.25) is 0 Å². The van der Waals surface area contributed by atoms with Gasteiger partial charge in [0.15, 0.2) is 6.61 Å². The Morgan fingerprint density at radius 3 is 2.62 bits per heavy atom. The SMILES string of the molecule is C=CCNS(=O)(=O)c1ccc(OCC(=O)N(C)C)c(C)c1. The first-order chi connectivity index (χ1) is 9.77. The van der Waals surface area contributed by atoms with Crippen LogP contribution in [0.4, 0.5) is 0 Å². The van der Waals surface area contributed by atoms with Gasteiger partial charge in [0.25, 0.3) is 5.91 Å². The Hall–Kier alpha value is -1.86. The number of sulfonamides is 1.